The molecule has 0 atom stereocenters. The Bertz CT molecular complexity index is 653. The number of rotatable bonds is 3. The Hall–Kier alpha value is -0.940. The van der Waals surface area contributed by atoms with Gasteiger partial charge in [0.05, 0.1) is 5.41 Å². The van der Waals surface area contributed by atoms with Gasteiger partial charge in [0.2, 0.25) is 0 Å². The monoisotopic (exact) mass is 385 g/mol. The molecule has 0 radical (unpaired) electrons. The number of nitrogens with zero attached hydrogens (tertiary/aromatic N) is 1. The lowest BCUT2D eigenvalue weighted by Gasteiger charge is -2.19. The second-order valence-corrected chi connectivity index (χ2v) is 6.75. The molecule has 1 aromatic carbocycles. The molecule has 19 heavy (non-hydrogen) atoms. The van der Waals surface area contributed by atoms with E-state index in [4.69, 9.17) is 0 Å². The molecule has 1 aromatic heterocycles. The number of fused-ring (bicyclic) bond motifs is 1. The van der Waals surface area contributed by atoms with Crippen molar-refractivity contribution >= 4 is 48.6 Å². The van der Waals surface area contributed by atoms with Crippen LogP contribution < -0.4 is 0 Å². The molecule has 1 heterocycles. The average Bonchev–Trinajstić information content (AvgIpc) is 2.27. The summed E-state index contributed by atoms with van der Waals surface area (Å²) < 4.78 is 1.70. The highest BCUT2D eigenvalue weighted by atomic mass is 79.9. The first-order valence-electron chi connectivity index (χ1n) is 5.77. The van der Waals surface area contributed by atoms with Gasteiger partial charge >= 0.3 is 5.97 Å². The normalized spacial score (nSPS) is 11.8. The minimum Gasteiger partial charge on any atom is -0.481 e. The largest absolute Gasteiger partial charge is 0.481 e. The number of hydrogen-bond acceptors (Lipinski definition) is 2. The molecule has 0 aliphatic carbocycles. The third-order valence-corrected chi connectivity index (χ3v) is 4.28. The summed E-state index contributed by atoms with van der Waals surface area (Å²) in [5, 5.41) is 11.2. The molecular weight excluding hydrogens is 374 g/mol. The fourth-order valence-electron chi connectivity index (χ4n) is 1.97. The molecule has 5 heteroatoms. The summed E-state index contributed by atoms with van der Waals surface area (Å²) in [5.74, 6) is -0.792. The van der Waals surface area contributed by atoms with Gasteiger partial charge in [-0.15, -0.1) is 0 Å². The van der Waals surface area contributed by atoms with Crippen molar-refractivity contribution in [3.05, 3.63) is 39.0 Å². The van der Waals surface area contributed by atoms with E-state index < -0.39 is 11.4 Å². The van der Waals surface area contributed by atoms with Gasteiger partial charge in [0.1, 0.15) is 4.60 Å². The number of aliphatic carboxylic acids is 1. The Labute approximate surface area is 128 Å². The number of aromatic nitrogens is 1. The van der Waals surface area contributed by atoms with E-state index in [1.807, 2.05) is 18.2 Å². The maximum absolute atomic E-state index is 11.2. The lowest BCUT2D eigenvalue weighted by Crippen LogP contribution is -2.26. The predicted molar refractivity (Wildman–Crippen MR) is 82.3 cm³/mol. The minimum absolute atomic E-state index is 0.483. The summed E-state index contributed by atoms with van der Waals surface area (Å²) in [6, 6.07) is 5.89. The summed E-state index contributed by atoms with van der Waals surface area (Å²) in [5.41, 5.74) is 0.210. The van der Waals surface area contributed by atoms with Crippen LogP contribution in [-0.2, 0) is 11.2 Å². The number of hydrogen-bond donors (Lipinski definition) is 1. The molecule has 0 aliphatic rings. The van der Waals surface area contributed by atoms with Crippen LogP contribution in [0.4, 0.5) is 0 Å². The molecule has 0 spiro atoms. The summed E-state index contributed by atoms with van der Waals surface area (Å²) in [6.45, 7) is 3.46. The number of pyridine rings is 1. The van der Waals surface area contributed by atoms with Gasteiger partial charge in [-0.2, -0.15) is 0 Å². The molecular formula is C14H13Br2NO2. The Morgan fingerprint density at radius 1 is 1.37 bits per heavy atom. The Morgan fingerprint density at radius 2 is 2.05 bits per heavy atom. The predicted octanol–water partition coefficient (Wildman–Crippen LogP) is 4.41. The molecule has 2 aromatic rings. The van der Waals surface area contributed by atoms with Gasteiger partial charge < -0.3 is 5.11 Å². The van der Waals surface area contributed by atoms with Crippen LogP contribution in [0.25, 0.3) is 10.8 Å². The van der Waals surface area contributed by atoms with Crippen molar-refractivity contribution in [3.63, 3.8) is 0 Å². The topological polar surface area (TPSA) is 50.2 Å². The summed E-state index contributed by atoms with van der Waals surface area (Å²) >= 11 is 6.95. The van der Waals surface area contributed by atoms with Crippen LogP contribution in [0.15, 0.2) is 33.5 Å². The van der Waals surface area contributed by atoms with Gasteiger partial charge in [-0.25, -0.2) is 4.98 Å². The first kappa shape index (κ1) is 14.5. The molecule has 0 amide bonds. The fraction of sp³-hybridized carbons (Fsp3) is 0.286. The van der Waals surface area contributed by atoms with Crippen LogP contribution in [-0.4, -0.2) is 16.1 Å². The molecule has 0 fully saturated rings. The van der Waals surface area contributed by atoms with Gasteiger partial charge in [0, 0.05) is 16.1 Å². The van der Waals surface area contributed by atoms with Crippen molar-refractivity contribution in [2.24, 2.45) is 5.41 Å². The Balaban J connectivity index is 2.50. The molecule has 0 bridgehead atoms. The van der Waals surface area contributed by atoms with Gasteiger partial charge in [-0.05, 0) is 59.3 Å². The third kappa shape index (κ3) is 2.98. The quantitative estimate of drug-likeness (QED) is 0.794. The van der Waals surface area contributed by atoms with Crippen molar-refractivity contribution in [3.8, 4) is 0 Å². The fourth-order valence-corrected chi connectivity index (χ4v) is 3.51. The number of carboxylic acids is 1. The van der Waals surface area contributed by atoms with Crippen LogP contribution in [0, 0.1) is 5.41 Å². The second-order valence-electron chi connectivity index (χ2n) is 5.14. The molecule has 100 valence electrons. The highest BCUT2D eigenvalue weighted by Crippen LogP contribution is 2.33. The zero-order valence-electron chi connectivity index (χ0n) is 10.6. The zero-order chi connectivity index (χ0) is 14.2. The van der Waals surface area contributed by atoms with Crippen LogP contribution in [0.3, 0.4) is 0 Å². The van der Waals surface area contributed by atoms with E-state index in [0.717, 1.165) is 25.4 Å². The van der Waals surface area contributed by atoms with E-state index in [1.165, 1.54) is 0 Å². The SMILES string of the molecule is CC(C)(Cc1cc(Br)c2c(Br)nccc2c1)C(=O)O. The Morgan fingerprint density at radius 3 is 2.68 bits per heavy atom. The standard InChI is InChI=1S/C14H13Br2NO2/c1-14(2,13(18)19)7-8-5-9-3-4-17-12(16)11(9)10(15)6-8/h3-6H,7H2,1-2H3,(H,18,19). The van der Waals surface area contributed by atoms with Gasteiger partial charge in [-0.3, -0.25) is 4.79 Å². The van der Waals surface area contributed by atoms with Gasteiger partial charge in [0.25, 0.3) is 0 Å². The van der Waals surface area contributed by atoms with Crippen LogP contribution >= 0.6 is 31.9 Å². The zero-order valence-corrected chi connectivity index (χ0v) is 13.7. The Kier molecular flexibility index (Phi) is 3.97. The van der Waals surface area contributed by atoms with Crippen molar-refractivity contribution in [1.82, 2.24) is 4.98 Å². The second kappa shape index (κ2) is 5.21. The average molecular weight is 387 g/mol. The van der Waals surface area contributed by atoms with E-state index in [0.29, 0.717) is 6.42 Å². The first-order chi connectivity index (χ1) is 8.81. The number of halogens is 2. The van der Waals surface area contributed by atoms with Crippen molar-refractivity contribution < 1.29 is 9.90 Å². The summed E-state index contributed by atoms with van der Waals surface area (Å²) in [7, 11) is 0. The number of carbonyl (C=O) groups is 1. The summed E-state index contributed by atoms with van der Waals surface area (Å²) in [4.78, 5) is 15.4. The van der Waals surface area contributed by atoms with Crippen LogP contribution in [0.1, 0.15) is 19.4 Å². The van der Waals surface area contributed by atoms with E-state index in [2.05, 4.69) is 36.8 Å². The molecule has 0 saturated carbocycles. The van der Waals surface area contributed by atoms with Crippen molar-refractivity contribution in [2.75, 3.05) is 0 Å². The van der Waals surface area contributed by atoms with E-state index >= 15 is 0 Å². The molecule has 3 nitrogen and oxygen atoms in total. The highest BCUT2D eigenvalue weighted by molar-refractivity contribution is 9.11. The van der Waals surface area contributed by atoms with Gasteiger partial charge in [0.15, 0.2) is 0 Å². The van der Waals surface area contributed by atoms with Crippen molar-refractivity contribution in [1.29, 1.82) is 0 Å². The number of benzene rings is 1. The van der Waals surface area contributed by atoms with E-state index in [9.17, 15) is 9.90 Å². The molecule has 1 N–H and O–H groups in total. The third-order valence-electron chi connectivity index (χ3n) is 3.05. The highest BCUT2D eigenvalue weighted by Gasteiger charge is 2.27. The number of carboxylic acid groups (broad SMARTS) is 1. The maximum atomic E-state index is 11.2. The van der Waals surface area contributed by atoms with Crippen LogP contribution in [0.5, 0.6) is 0 Å². The molecule has 0 aliphatic heterocycles. The first-order valence-corrected chi connectivity index (χ1v) is 7.36. The lowest BCUT2D eigenvalue weighted by atomic mass is 9.85. The van der Waals surface area contributed by atoms with E-state index in [1.54, 1.807) is 20.0 Å². The molecule has 0 unspecified atom stereocenters. The summed E-state index contributed by atoms with van der Waals surface area (Å²) in [6.07, 6.45) is 2.21. The lowest BCUT2D eigenvalue weighted by molar-refractivity contribution is -0.146. The maximum Gasteiger partial charge on any atom is 0.309 e. The smallest absolute Gasteiger partial charge is 0.309 e. The van der Waals surface area contributed by atoms with Crippen molar-refractivity contribution in [2.45, 2.75) is 20.3 Å². The van der Waals surface area contributed by atoms with Crippen LogP contribution in [0.2, 0.25) is 0 Å². The molecule has 0 saturated heterocycles. The van der Waals surface area contributed by atoms with Gasteiger partial charge in [-0.1, -0.05) is 22.0 Å². The minimum atomic E-state index is -0.792. The molecule has 2 rings (SSSR count). The van der Waals surface area contributed by atoms with E-state index in [-0.39, 0.29) is 0 Å².